The fraction of sp³-hybridized carbons (Fsp3) is 0.667. The number of piperidine rings is 1. The Morgan fingerprint density at radius 2 is 2.59 bits per heavy atom. The van der Waals surface area contributed by atoms with Crippen LogP contribution in [0.2, 0.25) is 0 Å². The number of carbonyl (C=O) groups excluding carboxylic acids is 1. The zero-order valence-electron chi connectivity index (χ0n) is 10.1. The van der Waals surface area contributed by atoms with E-state index in [0.29, 0.717) is 12.5 Å². The molecule has 1 aliphatic heterocycles. The van der Waals surface area contributed by atoms with Crippen LogP contribution in [-0.4, -0.2) is 35.4 Å². The largest absolute Gasteiger partial charge is 0.342 e. The van der Waals surface area contributed by atoms with Gasteiger partial charge in [0.15, 0.2) is 0 Å². The monoisotopic (exact) mass is 253 g/mol. The number of hydrogen-bond donors (Lipinski definition) is 1. The molecule has 0 saturated carbocycles. The van der Waals surface area contributed by atoms with E-state index < -0.39 is 0 Å². The summed E-state index contributed by atoms with van der Waals surface area (Å²) in [5.41, 5.74) is 5.55. The highest BCUT2D eigenvalue weighted by atomic mass is 32.1. The Hall–Kier alpha value is -0.940. The van der Waals surface area contributed by atoms with Gasteiger partial charge in [0.25, 0.3) is 0 Å². The van der Waals surface area contributed by atoms with Crippen LogP contribution < -0.4 is 5.73 Å². The Kier molecular flexibility index (Phi) is 4.12. The second-order valence-electron chi connectivity index (χ2n) is 4.63. The number of rotatable bonds is 3. The molecule has 2 heterocycles. The van der Waals surface area contributed by atoms with Crippen molar-refractivity contribution in [1.82, 2.24) is 9.88 Å². The first kappa shape index (κ1) is 12.5. The first-order valence-corrected chi connectivity index (χ1v) is 6.98. The average molecular weight is 253 g/mol. The minimum Gasteiger partial charge on any atom is -0.342 e. The molecular formula is C12H19N3OS. The molecule has 2 rings (SSSR count). The molecular weight excluding hydrogens is 234 g/mol. The fourth-order valence-electron chi connectivity index (χ4n) is 2.23. The smallest absolute Gasteiger partial charge is 0.226 e. The summed E-state index contributed by atoms with van der Waals surface area (Å²) in [6, 6.07) is 0. The molecule has 1 aliphatic rings. The average Bonchev–Trinajstić information content (AvgIpc) is 2.91. The van der Waals surface area contributed by atoms with E-state index in [1.165, 1.54) is 0 Å². The zero-order chi connectivity index (χ0) is 12.3. The van der Waals surface area contributed by atoms with Crippen LogP contribution in [0.25, 0.3) is 0 Å². The first-order valence-electron chi connectivity index (χ1n) is 6.10. The standard InChI is InChI=1S/C12H19N3OS/c1-9(7-13)12(16)15-5-2-3-10(8-15)11-14-4-6-17-11/h4,6,9-10H,2-3,5,7-8,13H2,1H3. The lowest BCUT2D eigenvalue weighted by atomic mass is 9.97. The van der Waals surface area contributed by atoms with Crippen molar-refractivity contribution in [3.63, 3.8) is 0 Å². The van der Waals surface area contributed by atoms with Gasteiger partial charge in [0.05, 0.1) is 5.01 Å². The van der Waals surface area contributed by atoms with Crippen molar-refractivity contribution in [3.8, 4) is 0 Å². The van der Waals surface area contributed by atoms with Gasteiger partial charge in [0.2, 0.25) is 5.91 Å². The third-order valence-corrected chi connectivity index (χ3v) is 4.25. The van der Waals surface area contributed by atoms with Gasteiger partial charge in [0, 0.05) is 43.0 Å². The van der Waals surface area contributed by atoms with Gasteiger partial charge < -0.3 is 10.6 Å². The van der Waals surface area contributed by atoms with Crippen molar-refractivity contribution in [3.05, 3.63) is 16.6 Å². The summed E-state index contributed by atoms with van der Waals surface area (Å²) in [5, 5.41) is 3.15. The minimum atomic E-state index is -0.0648. The molecule has 17 heavy (non-hydrogen) atoms. The van der Waals surface area contributed by atoms with E-state index in [1.807, 2.05) is 23.4 Å². The lowest BCUT2D eigenvalue weighted by Gasteiger charge is -2.33. The van der Waals surface area contributed by atoms with Crippen LogP contribution in [0.15, 0.2) is 11.6 Å². The molecule has 1 saturated heterocycles. The minimum absolute atomic E-state index is 0.0648. The van der Waals surface area contributed by atoms with Crippen LogP contribution in [0.3, 0.4) is 0 Å². The van der Waals surface area contributed by atoms with E-state index in [1.54, 1.807) is 11.3 Å². The van der Waals surface area contributed by atoms with E-state index in [0.717, 1.165) is 30.9 Å². The molecule has 1 fully saturated rings. The van der Waals surface area contributed by atoms with Gasteiger partial charge in [-0.25, -0.2) is 4.98 Å². The summed E-state index contributed by atoms with van der Waals surface area (Å²) in [4.78, 5) is 18.4. The van der Waals surface area contributed by atoms with Crippen molar-refractivity contribution in [2.45, 2.75) is 25.7 Å². The Bertz CT molecular complexity index is 366. The lowest BCUT2D eigenvalue weighted by Crippen LogP contribution is -2.43. The fourth-order valence-corrected chi connectivity index (χ4v) is 3.00. The molecule has 4 nitrogen and oxygen atoms in total. The second kappa shape index (κ2) is 5.60. The highest BCUT2D eigenvalue weighted by molar-refractivity contribution is 7.09. The number of carbonyl (C=O) groups is 1. The van der Waals surface area contributed by atoms with Crippen LogP contribution in [0, 0.1) is 5.92 Å². The summed E-state index contributed by atoms with van der Waals surface area (Å²) >= 11 is 1.68. The van der Waals surface area contributed by atoms with Gasteiger partial charge in [-0.1, -0.05) is 6.92 Å². The van der Waals surface area contributed by atoms with E-state index in [9.17, 15) is 4.79 Å². The second-order valence-corrected chi connectivity index (χ2v) is 5.56. The quantitative estimate of drug-likeness (QED) is 0.887. The van der Waals surface area contributed by atoms with Crippen LogP contribution in [0.4, 0.5) is 0 Å². The summed E-state index contributed by atoms with van der Waals surface area (Å²) in [6.07, 6.45) is 4.03. The van der Waals surface area contributed by atoms with Gasteiger partial charge >= 0.3 is 0 Å². The van der Waals surface area contributed by atoms with Crippen LogP contribution >= 0.6 is 11.3 Å². The first-order chi connectivity index (χ1) is 8.22. The van der Waals surface area contributed by atoms with E-state index in [-0.39, 0.29) is 11.8 Å². The summed E-state index contributed by atoms with van der Waals surface area (Å²) in [7, 11) is 0. The molecule has 94 valence electrons. The SMILES string of the molecule is CC(CN)C(=O)N1CCCC(c2nccs2)C1. The zero-order valence-corrected chi connectivity index (χ0v) is 10.9. The van der Waals surface area contributed by atoms with Gasteiger partial charge in [0.1, 0.15) is 0 Å². The molecule has 1 amide bonds. The summed E-state index contributed by atoms with van der Waals surface area (Å²) in [6.45, 7) is 3.99. The predicted molar refractivity (Wildman–Crippen MR) is 68.9 cm³/mol. The third kappa shape index (κ3) is 2.84. The molecule has 0 spiro atoms. The van der Waals surface area contributed by atoms with E-state index in [2.05, 4.69) is 4.98 Å². The Morgan fingerprint density at radius 1 is 1.76 bits per heavy atom. The molecule has 0 radical (unpaired) electrons. The summed E-state index contributed by atoms with van der Waals surface area (Å²) < 4.78 is 0. The number of nitrogens with zero attached hydrogens (tertiary/aromatic N) is 2. The number of likely N-dealkylation sites (tertiary alicyclic amines) is 1. The Morgan fingerprint density at radius 3 is 3.24 bits per heavy atom. The number of nitrogens with two attached hydrogens (primary N) is 1. The molecule has 1 aromatic rings. The lowest BCUT2D eigenvalue weighted by molar-refractivity contribution is -0.135. The topological polar surface area (TPSA) is 59.2 Å². The van der Waals surface area contributed by atoms with Gasteiger partial charge in [-0.3, -0.25) is 4.79 Å². The molecule has 5 heteroatoms. The van der Waals surface area contributed by atoms with Crippen molar-refractivity contribution in [2.24, 2.45) is 11.7 Å². The molecule has 2 unspecified atom stereocenters. The maximum absolute atomic E-state index is 12.1. The van der Waals surface area contributed by atoms with Crippen molar-refractivity contribution in [1.29, 1.82) is 0 Å². The number of thiazole rings is 1. The normalized spacial score (nSPS) is 22.5. The highest BCUT2D eigenvalue weighted by Gasteiger charge is 2.27. The van der Waals surface area contributed by atoms with E-state index in [4.69, 9.17) is 5.73 Å². The maximum Gasteiger partial charge on any atom is 0.226 e. The molecule has 2 atom stereocenters. The van der Waals surface area contributed by atoms with Gasteiger partial charge in [-0.2, -0.15) is 0 Å². The molecule has 0 aliphatic carbocycles. The van der Waals surface area contributed by atoms with Crippen LogP contribution in [-0.2, 0) is 4.79 Å². The number of hydrogen-bond acceptors (Lipinski definition) is 4. The third-order valence-electron chi connectivity index (χ3n) is 3.31. The molecule has 2 N–H and O–H groups in total. The molecule has 0 aromatic carbocycles. The number of amides is 1. The van der Waals surface area contributed by atoms with Crippen LogP contribution in [0.1, 0.15) is 30.7 Å². The number of aromatic nitrogens is 1. The Labute approximate surface area is 106 Å². The molecule has 0 bridgehead atoms. The van der Waals surface area contributed by atoms with Gasteiger partial charge in [-0.05, 0) is 12.8 Å². The van der Waals surface area contributed by atoms with Crippen molar-refractivity contribution >= 4 is 17.2 Å². The maximum atomic E-state index is 12.1. The highest BCUT2D eigenvalue weighted by Crippen LogP contribution is 2.28. The van der Waals surface area contributed by atoms with E-state index >= 15 is 0 Å². The Balaban J connectivity index is 2.00. The predicted octanol–water partition coefficient (Wildman–Crippen LogP) is 1.44. The van der Waals surface area contributed by atoms with Crippen molar-refractivity contribution in [2.75, 3.05) is 19.6 Å². The molecule has 1 aromatic heterocycles. The van der Waals surface area contributed by atoms with Crippen LogP contribution in [0.5, 0.6) is 0 Å². The van der Waals surface area contributed by atoms with Crippen molar-refractivity contribution < 1.29 is 4.79 Å². The van der Waals surface area contributed by atoms with Gasteiger partial charge in [-0.15, -0.1) is 11.3 Å². The summed E-state index contributed by atoms with van der Waals surface area (Å²) in [5.74, 6) is 0.538.